The molecular weight excluding hydrogens is 511 g/mol. The normalized spacial score (nSPS) is 11.3. The SMILES string of the molecule is COc1cc(CNC(=O)CN(c2cccc(Cl)c2)S(=O)(=O)c2ccc(Cl)cc2)ccc1OC(C)C. The van der Waals surface area contributed by atoms with Crippen LogP contribution in [-0.2, 0) is 21.4 Å². The van der Waals surface area contributed by atoms with E-state index in [1.54, 1.807) is 36.4 Å². The fourth-order valence-electron chi connectivity index (χ4n) is 3.24. The number of carbonyl (C=O) groups excluding carboxylic acids is 1. The van der Waals surface area contributed by atoms with E-state index in [2.05, 4.69) is 5.32 Å². The van der Waals surface area contributed by atoms with Crippen molar-refractivity contribution in [3.63, 3.8) is 0 Å². The first-order valence-electron chi connectivity index (χ1n) is 10.7. The Kier molecular flexibility index (Phi) is 8.88. The van der Waals surface area contributed by atoms with Crippen molar-refractivity contribution >= 4 is 44.8 Å². The van der Waals surface area contributed by atoms with Gasteiger partial charge < -0.3 is 14.8 Å². The van der Waals surface area contributed by atoms with E-state index < -0.39 is 22.5 Å². The Morgan fingerprint density at radius 3 is 2.31 bits per heavy atom. The van der Waals surface area contributed by atoms with Crippen molar-refractivity contribution < 1.29 is 22.7 Å². The van der Waals surface area contributed by atoms with Crippen molar-refractivity contribution in [1.29, 1.82) is 0 Å². The highest BCUT2D eigenvalue weighted by Crippen LogP contribution is 2.29. The van der Waals surface area contributed by atoms with Crippen LogP contribution in [0.4, 0.5) is 5.69 Å². The van der Waals surface area contributed by atoms with Crippen molar-refractivity contribution in [3.8, 4) is 11.5 Å². The molecule has 0 heterocycles. The van der Waals surface area contributed by atoms with E-state index in [1.807, 2.05) is 13.8 Å². The summed E-state index contributed by atoms with van der Waals surface area (Å²) in [5.41, 5.74) is 1.03. The van der Waals surface area contributed by atoms with Gasteiger partial charge in [0, 0.05) is 16.6 Å². The second-order valence-corrected chi connectivity index (χ2v) is 10.6. The summed E-state index contributed by atoms with van der Waals surface area (Å²) < 4.78 is 38.9. The molecule has 7 nitrogen and oxygen atoms in total. The number of anilines is 1. The van der Waals surface area contributed by atoms with Crippen LogP contribution in [0.2, 0.25) is 10.0 Å². The zero-order valence-corrected chi connectivity index (χ0v) is 21.8. The Morgan fingerprint density at radius 2 is 1.69 bits per heavy atom. The van der Waals surface area contributed by atoms with Crippen LogP contribution >= 0.6 is 23.2 Å². The smallest absolute Gasteiger partial charge is 0.264 e. The molecule has 0 aliphatic rings. The van der Waals surface area contributed by atoms with E-state index in [4.69, 9.17) is 32.7 Å². The number of rotatable bonds is 10. The Hall–Kier alpha value is -2.94. The highest BCUT2D eigenvalue weighted by Gasteiger charge is 2.27. The molecule has 0 radical (unpaired) electrons. The molecule has 0 fully saturated rings. The van der Waals surface area contributed by atoms with Gasteiger partial charge in [-0.05, 0) is 74.0 Å². The quantitative estimate of drug-likeness (QED) is 0.380. The Labute approximate surface area is 215 Å². The average molecular weight is 537 g/mol. The van der Waals surface area contributed by atoms with Crippen molar-refractivity contribution in [2.75, 3.05) is 18.0 Å². The number of carbonyl (C=O) groups is 1. The maximum Gasteiger partial charge on any atom is 0.264 e. The maximum atomic E-state index is 13.4. The molecule has 3 aromatic rings. The highest BCUT2D eigenvalue weighted by atomic mass is 35.5. The van der Waals surface area contributed by atoms with Gasteiger partial charge in [-0.1, -0.05) is 35.3 Å². The second-order valence-electron chi connectivity index (χ2n) is 7.87. The lowest BCUT2D eigenvalue weighted by molar-refractivity contribution is -0.119. The lowest BCUT2D eigenvalue weighted by Crippen LogP contribution is -2.40. The van der Waals surface area contributed by atoms with Gasteiger partial charge in [0.15, 0.2) is 11.5 Å². The van der Waals surface area contributed by atoms with Gasteiger partial charge in [-0.25, -0.2) is 8.42 Å². The Morgan fingerprint density at radius 1 is 0.971 bits per heavy atom. The molecule has 3 aromatic carbocycles. The monoisotopic (exact) mass is 536 g/mol. The second kappa shape index (κ2) is 11.7. The lowest BCUT2D eigenvalue weighted by Gasteiger charge is -2.24. The fourth-order valence-corrected chi connectivity index (χ4v) is 4.96. The molecule has 10 heteroatoms. The summed E-state index contributed by atoms with van der Waals surface area (Å²) >= 11 is 12.0. The minimum atomic E-state index is -4.07. The number of nitrogens with zero attached hydrogens (tertiary/aromatic N) is 1. The van der Waals surface area contributed by atoms with Crippen molar-refractivity contribution in [1.82, 2.24) is 5.32 Å². The third-order valence-corrected chi connectivity index (χ3v) is 7.14. The largest absolute Gasteiger partial charge is 0.493 e. The molecule has 1 N–H and O–H groups in total. The van der Waals surface area contributed by atoms with Crippen molar-refractivity contribution in [2.24, 2.45) is 0 Å². The molecule has 35 heavy (non-hydrogen) atoms. The molecule has 0 bridgehead atoms. The molecule has 0 unspecified atom stereocenters. The number of hydrogen-bond acceptors (Lipinski definition) is 5. The molecule has 0 aliphatic carbocycles. The van der Waals surface area contributed by atoms with Crippen LogP contribution in [0.3, 0.4) is 0 Å². The van der Waals surface area contributed by atoms with Crippen LogP contribution in [0.1, 0.15) is 19.4 Å². The van der Waals surface area contributed by atoms with Gasteiger partial charge in [-0.2, -0.15) is 0 Å². The summed E-state index contributed by atoms with van der Waals surface area (Å²) in [7, 11) is -2.54. The van der Waals surface area contributed by atoms with Gasteiger partial charge in [0.1, 0.15) is 6.54 Å². The fraction of sp³-hybridized carbons (Fsp3) is 0.240. The molecule has 0 saturated carbocycles. The molecule has 0 saturated heterocycles. The van der Waals surface area contributed by atoms with Crippen LogP contribution in [0.15, 0.2) is 71.6 Å². The first-order valence-corrected chi connectivity index (χ1v) is 12.9. The first kappa shape index (κ1) is 26.7. The van der Waals surface area contributed by atoms with Crippen LogP contribution in [0, 0.1) is 0 Å². The van der Waals surface area contributed by atoms with Gasteiger partial charge in [-0.15, -0.1) is 0 Å². The minimum Gasteiger partial charge on any atom is -0.493 e. The number of sulfonamides is 1. The standard InChI is InChI=1S/C25H26Cl2N2O5S/c1-17(2)34-23-12-7-18(13-24(23)33-3)15-28-25(30)16-29(21-6-4-5-20(27)14-21)35(31,32)22-10-8-19(26)9-11-22/h4-14,17H,15-16H2,1-3H3,(H,28,30). The Balaban J connectivity index is 1.80. The summed E-state index contributed by atoms with van der Waals surface area (Å²) in [5.74, 6) is 0.638. The predicted octanol–water partition coefficient (Wildman–Crippen LogP) is 5.30. The molecule has 3 rings (SSSR count). The van der Waals surface area contributed by atoms with E-state index in [9.17, 15) is 13.2 Å². The zero-order chi connectivity index (χ0) is 25.6. The van der Waals surface area contributed by atoms with E-state index >= 15 is 0 Å². The molecule has 0 aromatic heterocycles. The first-order chi connectivity index (χ1) is 16.6. The van der Waals surface area contributed by atoms with Crippen LogP contribution in [0.25, 0.3) is 0 Å². The van der Waals surface area contributed by atoms with Gasteiger partial charge in [-0.3, -0.25) is 9.10 Å². The summed E-state index contributed by atoms with van der Waals surface area (Å²) in [5, 5.41) is 3.50. The third-order valence-electron chi connectivity index (χ3n) is 4.87. The lowest BCUT2D eigenvalue weighted by atomic mass is 10.2. The van der Waals surface area contributed by atoms with E-state index in [0.717, 1.165) is 9.87 Å². The number of nitrogens with one attached hydrogen (secondary N) is 1. The highest BCUT2D eigenvalue weighted by molar-refractivity contribution is 7.92. The van der Waals surface area contributed by atoms with E-state index in [-0.39, 0.29) is 23.2 Å². The Bertz CT molecular complexity index is 1280. The number of halogens is 2. The van der Waals surface area contributed by atoms with Crippen LogP contribution in [0.5, 0.6) is 11.5 Å². The van der Waals surface area contributed by atoms with Crippen molar-refractivity contribution in [3.05, 3.63) is 82.3 Å². The number of ether oxygens (including phenoxy) is 2. The van der Waals surface area contributed by atoms with Gasteiger partial charge >= 0.3 is 0 Å². The van der Waals surface area contributed by atoms with E-state index in [1.165, 1.54) is 37.4 Å². The van der Waals surface area contributed by atoms with Crippen LogP contribution in [-0.4, -0.2) is 34.1 Å². The third kappa shape index (κ3) is 7.04. The average Bonchev–Trinajstić information content (AvgIpc) is 2.81. The number of hydrogen-bond donors (Lipinski definition) is 1. The molecular formula is C25H26Cl2N2O5S. The molecule has 0 atom stereocenters. The van der Waals surface area contributed by atoms with E-state index in [0.29, 0.717) is 21.5 Å². The summed E-state index contributed by atoms with van der Waals surface area (Å²) in [6.45, 7) is 3.55. The topological polar surface area (TPSA) is 84.9 Å². The minimum absolute atomic E-state index is 0.000142. The summed E-state index contributed by atoms with van der Waals surface area (Å²) in [6, 6.07) is 17.4. The summed E-state index contributed by atoms with van der Waals surface area (Å²) in [6.07, 6.45) is -0.0190. The maximum absolute atomic E-state index is 13.4. The molecule has 186 valence electrons. The van der Waals surface area contributed by atoms with Crippen LogP contribution < -0.4 is 19.1 Å². The van der Waals surface area contributed by atoms with Gasteiger partial charge in [0.05, 0.1) is 23.8 Å². The molecule has 1 amide bonds. The zero-order valence-electron chi connectivity index (χ0n) is 19.5. The van der Waals surface area contributed by atoms with Gasteiger partial charge in [0.2, 0.25) is 5.91 Å². The number of methoxy groups -OCH3 is 1. The molecule has 0 aliphatic heterocycles. The number of benzene rings is 3. The molecule has 0 spiro atoms. The summed E-state index contributed by atoms with van der Waals surface area (Å²) in [4.78, 5) is 12.9. The van der Waals surface area contributed by atoms with Gasteiger partial charge in [0.25, 0.3) is 10.0 Å². The van der Waals surface area contributed by atoms with Crippen molar-refractivity contribution in [2.45, 2.75) is 31.4 Å². The number of amides is 1. The predicted molar refractivity (Wildman–Crippen MR) is 138 cm³/mol.